The molecule has 7 heteroatoms. The highest BCUT2D eigenvalue weighted by Gasteiger charge is 2.16. The van der Waals surface area contributed by atoms with Crippen LogP contribution < -0.4 is 5.56 Å². The first-order chi connectivity index (χ1) is 14.1. The standard InChI is InChI=1S/C22H18N6O/c1-14-5-3-4-6-19(14)28-16(9-17-20(22(28)29)15(2)7-8-24-17)11-27-13-26-18-10-23-12-25-21(18)27/h3-10,12-13H,11H2,1-2H3. The van der Waals surface area contributed by atoms with Gasteiger partial charge in [0.2, 0.25) is 0 Å². The van der Waals surface area contributed by atoms with Crippen molar-refractivity contribution in [3.05, 3.63) is 88.6 Å². The highest BCUT2D eigenvalue weighted by atomic mass is 16.1. The normalized spacial score (nSPS) is 11.4. The fourth-order valence-corrected chi connectivity index (χ4v) is 3.73. The molecule has 0 fully saturated rings. The molecular formula is C22H18N6O. The van der Waals surface area contributed by atoms with Crippen molar-refractivity contribution < 1.29 is 0 Å². The minimum atomic E-state index is -0.0727. The van der Waals surface area contributed by atoms with Gasteiger partial charge < -0.3 is 4.57 Å². The summed E-state index contributed by atoms with van der Waals surface area (Å²) in [4.78, 5) is 30.8. The zero-order valence-corrected chi connectivity index (χ0v) is 16.1. The van der Waals surface area contributed by atoms with Crippen molar-refractivity contribution in [2.45, 2.75) is 20.4 Å². The lowest BCUT2D eigenvalue weighted by Gasteiger charge is -2.17. The summed E-state index contributed by atoms with van der Waals surface area (Å²) in [5, 5.41) is 0.636. The summed E-state index contributed by atoms with van der Waals surface area (Å²) in [7, 11) is 0. The van der Waals surface area contributed by atoms with E-state index in [-0.39, 0.29) is 5.56 Å². The average Bonchev–Trinajstić information content (AvgIpc) is 3.12. The summed E-state index contributed by atoms with van der Waals surface area (Å²) in [6.07, 6.45) is 6.64. The van der Waals surface area contributed by atoms with E-state index in [1.54, 1.807) is 23.3 Å². The zero-order chi connectivity index (χ0) is 20.0. The number of aromatic nitrogens is 6. The molecule has 0 amide bonds. The Morgan fingerprint density at radius 3 is 2.69 bits per heavy atom. The van der Waals surface area contributed by atoms with Crippen LogP contribution in [0.4, 0.5) is 0 Å². The van der Waals surface area contributed by atoms with Gasteiger partial charge in [-0.15, -0.1) is 0 Å². The Morgan fingerprint density at radius 2 is 1.83 bits per heavy atom. The fraction of sp³-hybridized carbons (Fsp3) is 0.136. The topological polar surface area (TPSA) is 78.5 Å². The van der Waals surface area contributed by atoms with Crippen molar-refractivity contribution in [2.24, 2.45) is 0 Å². The van der Waals surface area contributed by atoms with Gasteiger partial charge in [0, 0.05) is 11.9 Å². The number of para-hydroxylation sites is 1. The summed E-state index contributed by atoms with van der Waals surface area (Å²) in [6, 6.07) is 11.7. The van der Waals surface area contributed by atoms with E-state index in [1.807, 2.05) is 54.8 Å². The van der Waals surface area contributed by atoms with Crippen molar-refractivity contribution in [1.82, 2.24) is 29.1 Å². The quantitative estimate of drug-likeness (QED) is 0.479. The fourth-order valence-electron chi connectivity index (χ4n) is 3.73. The molecule has 5 aromatic rings. The zero-order valence-electron chi connectivity index (χ0n) is 16.1. The summed E-state index contributed by atoms with van der Waals surface area (Å²) in [5.41, 5.74) is 5.66. The number of imidazole rings is 1. The number of aryl methyl sites for hydroxylation is 2. The Labute approximate surface area is 166 Å². The maximum absolute atomic E-state index is 13.6. The van der Waals surface area contributed by atoms with Crippen LogP contribution >= 0.6 is 0 Å². The minimum Gasteiger partial charge on any atom is -0.309 e. The molecule has 0 spiro atoms. The molecule has 1 aromatic carbocycles. The van der Waals surface area contributed by atoms with Gasteiger partial charge in [0.05, 0.1) is 35.7 Å². The third-order valence-corrected chi connectivity index (χ3v) is 5.17. The van der Waals surface area contributed by atoms with Gasteiger partial charge in [-0.3, -0.25) is 14.3 Å². The van der Waals surface area contributed by atoms with Crippen LogP contribution in [0, 0.1) is 13.8 Å². The molecule has 4 heterocycles. The Morgan fingerprint density at radius 1 is 0.966 bits per heavy atom. The Bertz CT molecular complexity index is 1430. The number of hydrogen-bond donors (Lipinski definition) is 0. The maximum atomic E-state index is 13.6. The molecule has 0 aliphatic rings. The van der Waals surface area contributed by atoms with Gasteiger partial charge in [0.15, 0.2) is 5.65 Å². The molecule has 0 atom stereocenters. The van der Waals surface area contributed by atoms with E-state index in [0.717, 1.165) is 28.2 Å². The molecule has 29 heavy (non-hydrogen) atoms. The van der Waals surface area contributed by atoms with E-state index in [0.29, 0.717) is 23.0 Å². The van der Waals surface area contributed by atoms with E-state index >= 15 is 0 Å². The van der Waals surface area contributed by atoms with Gasteiger partial charge in [-0.25, -0.2) is 15.0 Å². The van der Waals surface area contributed by atoms with Crippen LogP contribution in [0.3, 0.4) is 0 Å². The van der Waals surface area contributed by atoms with Crippen LogP contribution in [0.15, 0.2) is 66.2 Å². The largest absolute Gasteiger partial charge is 0.309 e. The van der Waals surface area contributed by atoms with Gasteiger partial charge in [0.1, 0.15) is 11.8 Å². The Kier molecular flexibility index (Phi) is 3.94. The van der Waals surface area contributed by atoms with Gasteiger partial charge in [-0.1, -0.05) is 18.2 Å². The molecule has 5 rings (SSSR count). The van der Waals surface area contributed by atoms with Crippen LogP contribution in [0.1, 0.15) is 16.8 Å². The predicted molar refractivity (Wildman–Crippen MR) is 111 cm³/mol. The third kappa shape index (κ3) is 2.79. The van der Waals surface area contributed by atoms with Crippen molar-refractivity contribution >= 4 is 22.1 Å². The molecule has 7 nitrogen and oxygen atoms in total. The molecule has 0 saturated heterocycles. The molecule has 0 radical (unpaired) electrons. The third-order valence-electron chi connectivity index (χ3n) is 5.17. The van der Waals surface area contributed by atoms with Crippen LogP contribution in [-0.2, 0) is 6.54 Å². The number of nitrogens with zero attached hydrogens (tertiary/aromatic N) is 6. The van der Waals surface area contributed by atoms with Crippen LogP contribution in [-0.4, -0.2) is 29.1 Å². The lowest BCUT2D eigenvalue weighted by molar-refractivity contribution is 0.748. The van der Waals surface area contributed by atoms with E-state index in [1.165, 1.54) is 6.33 Å². The average molecular weight is 382 g/mol. The second-order valence-corrected chi connectivity index (χ2v) is 7.05. The molecule has 0 saturated carbocycles. The molecule has 0 aliphatic heterocycles. The second-order valence-electron chi connectivity index (χ2n) is 7.05. The number of fused-ring (bicyclic) bond motifs is 2. The summed E-state index contributed by atoms with van der Waals surface area (Å²) in [5.74, 6) is 0. The van der Waals surface area contributed by atoms with Crippen molar-refractivity contribution in [3.63, 3.8) is 0 Å². The second kappa shape index (κ2) is 6.63. The molecule has 0 bridgehead atoms. The van der Waals surface area contributed by atoms with Crippen LogP contribution in [0.5, 0.6) is 0 Å². The smallest absolute Gasteiger partial charge is 0.265 e. The van der Waals surface area contributed by atoms with Gasteiger partial charge in [-0.05, 0) is 43.2 Å². The van der Waals surface area contributed by atoms with Gasteiger partial charge in [-0.2, -0.15) is 0 Å². The van der Waals surface area contributed by atoms with Crippen molar-refractivity contribution in [1.29, 1.82) is 0 Å². The molecule has 142 valence electrons. The van der Waals surface area contributed by atoms with E-state index in [2.05, 4.69) is 19.9 Å². The van der Waals surface area contributed by atoms with E-state index in [9.17, 15) is 4.79 Å². The number of rotatable bonds is 3. The maximum Gasteiger partial charge on any atom is 0.265 e. The van der Waals surface area contributed by atoms with E-state index in [4.69, 9.17) is 0 Å². The molecule has 0 unspecified atom stereocenters. The minimum absolute atomic E-state index is 0.0727. The van der Waals surface area contributed by atoms with Gasteiger partial charge in [0.25, 0.3) is 5.56 Å². The van der Waals surface area contributed by atoms with Gasteiger partial charge >= 0.3 is 0 Å². The van der Waals surface area contributed by atoms with Crippen molar-refractivity contribution in [2.75, 3.05) is 0 Å². The number of pyridine rings is 2. The Hall–Kier alpha value is -3.87. The molecular weight excluding hydrogens is 364 g/mol. The Balaban J connectivity index is 1.81. The van der Waals surface area contributed by atoms with Crippen molar-refractivity contribution in [3.8, 4) is 5.69 Å². The summed E-state index contributed by atoms with van der Waals surface area (Å²) < 4.78 is 3.70. The first-order valence-corrected chi connectivity index (χ1v) is 9.30. The first kappa shape index (κ1) is 17.2. The number of benzene rings is 1. The predicted octanol–water partition coefficient (Wildman–Crippen LogP) is 3.19. The monoisotopic (exact) mass is 382 g/mol. The SMILES string of the molecule is Cc1ccccc1-n1c(Cn2cnc3cncnc32)cc2nccc(C)c2c1=O. The summed E-state index contributed by atoms with van der Waals surface area (Å²) >= 11 is 0. The molecule has 0 aliphatic carbocycles. The molecule has 0 N–H and O–H groups in total. The first-order valence-electron chi connectivity index (χ1n) is 9.30. The van der Waals surface area contributed by atoms with E-state index < -0.39 is 0 Å². The highest BCUT2D eigenvalue weighted by molar-refractivity contribution is 5.81. The highest BCUT2D eigenvalue weighted by Crippen LogP contribution is 2.21. The number of hydrogen-bond acceptors (Lipinski definition) is 5. The summed E-state index contributed by atoms with van der Waals surface area (Å²) in [6.45, 7) is 4.38. The lowest BCUT2D eigenvalue weighted by Crippen LogP contribution is -2.25. The lowest BCUT2D eigenvalue weighted by atomic mass is 10.1. The van der Waals surface area contributed by atoms with Crippen LogP contribution in [0.25, 0.3) is 27.8 Å². The van der Waals surface area contributed by atoms with Crippen LogP contribution in [0.2, 0.25) is 0 Å². The molecule has 4 aromatic heterocycles.